The highest BCUT2D eigenvalue weighted by atomic mass is 79.9. The van der Waals surface area contributed by atoms with Crippen LogP contribution >= 0.6 is 15.9 Å². The zero-order valence-electron chi connectivity index (χ0n) is 10.7. The quantitative estimate of drug-likeness (QED) is 0.856. The fourth-order valence-corrected chi connectivity index (χ4v) is 2.72. The first-order valence-electron chi connectivity index (χ1n) is 6.43. The van der Waals surface area contributed by atoms with Crippen molar-refractivity contribution in [3.05, 3.63) is 34.3 Å². The zero-order chi connectivity index (χ0) is 13.0. The lowest BCUT2D eigenvalue weighted by Crippen LogP contribution is -2.48. The van der Waals surface area contributed by atoms with E-state index in [1.54, 1.807) is 0 Å². The molecule has 0 N–H and O–H groups in total. The van der Waals surface area contributed by atoms with Gasteiger partial charge in [-0.3, -0.25) is 9.69 Å². The number of hydrogen-bond donors (Lipinski definition) is 0. The van der Waals surface area contributed by atoms with Crippen LogP contribution in [-0.4, -0.2) is 41.9 Å². The van der Waals surface area contributed by atoms with Crippen LogP contribution in [0.4, 0.5) is 0 Å². The third-order valence-corrected chi connectivity index (χ3v) is 3.82. The van der Waals surface area contributed by atoms with Gasteiger partial charge in [0, 0.05) is 43.6 Å². The molecule has 0 atom stereocenters. The molecule has 0 aliphatic carbocycles. The summed E-state index contributed by atoms with van der Waals surface area (Å²) in [5, 5.41) is 0. The van der Waals surface area contributed by atoms with E-state index in [0.29, 0.717) is 6.42 Å². The molecule has 1 heterocycles. The van der Waals surface area contributed by atoms with E-state index in [4.69, 9.17) is 0 Å². The molecule has 0 radical (unpaired) electrons. The molecule has 1 aromatic carbocycles. The maximum absolute atomic E-state index is 11.6. The van der Waals surface area contributed by atoms with E-state index in [9.17, 15) is 4.79 Å². The average Bonchev–Trinajstić information content (AvgIpc) is 2.39. The maximum atomic E-state index is 11.6. The van der Waals surface area contributed by atoms with Crippen LogP contribution in [-0.2, 0) is 11.3 Å². The third kappa shape index (κ3) is 3.56. The summed E-state index contributed by atoms with van der Waals surface area (Å²) in [6, 6.07) is 8.41. The summed E-state index contributed by atoms with van der Waals surface area (Å²) in [7, 11) is 0. The number of halogens is 1. The molecule has 3 nitrogen and oxygen atoms in total. The molecule has 0 aromatic heterocycles. The van der Waals surface area contributed by atoms with Gasteiger partial charge >= 0.3 is 0 Å². The molecular formula is C14H19BrN2O. The van der Waals surface area contributed by atoms with Crippen molar-refractivity contribution >= 4 is 21.8 Å². The Hall–Kier alpha value is -0.870. The van der Waals surface area contributed by atoms with Crippen LogP contribution in [0.3, 0.4) is 0 Å². The molecule has 0 unspecified atom stereocenters. The summed E-state index contributed by atoms with van der Waals surface area (Å²) in [5.41, 5.74) is 1.32. The average molecular weight is 311 g/mol. The minimum atomic E-state index is 0.275. The van der Waals surface area contributed by atoms with Crippen molar-refractivity contribution in [3.63, 3.8) is 0 Å². The van der Waals surface area contributed by atoms with E-state index in [2.05, 4.69) is 39.0 Å². The molecule has 0 saturated carbocycles. The Morgan fingerprint density at radius 1 is 1.28 bits per heavy atom. The van der Waals surface area contributed by atoms with Gasteiger partial charge in [0.1, 0.15) is 0 Å². The summed E-state index contributed by atoms with van der Waals surface area (Å²) in [5.74, 6) is 0.275. The Kier molecular flexibility index (Phi) is 4.78. The molecule has 4 heteroatoms. The second kappa shape index (κ2) is 6.34. The highest BCUT2D eigenvalue weighted by Gasteiger charge is 2.19. The molecule has 0 bridgehead atoms. The number of piperazine rings is 1. The van der Waals surface area contributed by atoms with E-state index in [-0.39, 0.29) is 5.91 Å². The number of carbonyl (C=O) groups is 1. The van der Waals surface area contributed by atoms with E-state index in [1.807, 2.05) is 17.9 Å². The van der Waals surface area contributed by atoms with Gasteiger partial charge in [0.05, 0.1) is 0 Å². The largest absolute Gasteiger partial charge is 0.340 e. The van der Waals surface area contributed by atoms with E-state index in [1.165, 1.54) is 5.56 Å². The van der Waals surface area contributed by atoms with E-state index >= 15 is 0 Å². The van der Waals surface area contributed by atoms with Crippen LogP contribution in [0, 0.1) is 0 Å². The lowest BCUT2D eigenvalue weighted by molar-refractivity contribution is -0.132. The van der Waals surface area contributed by atoms with Crippen LogP contribution in [0.5, 0.6) is 0 Å². The molecule has 1 aromatic rings. The predicted octanol–water partition coefficient (Wildman–Crippen LogP) is 2.50. The van der Waals surface area contributed by atoms with Gasteiger partial charge in [0.25, 0.3) is 0 Å². The molecule has 1 saturated heterocycles. The van der Waals surface area contributed by atoms with Gasteiger partial charge in [-0.2, -0.15) is 0 Å². The monoisotopic (exact) mass is 310 g/mol. The Labute approximate surface area is 117 Å². The fraction of sp³-hybridized carbons (Fsp3) is 0.500. The third-order valence-electron chi connectivity index (χ3n) is 3.32. The highest BCUT2D eigenvalue weighted by Crippen LogP contribution is 2.14. The van der Waals surface area contributed by atoms with Crippen LogP contribution in [0.1, 0.15) is 18.9 Å². The van der Waals surface area contributed by atoms with Gasteiger partial charge in [0.2, 0.25) is 5.91 Å². The zero-order valence-corrected chi connectivity index (χ0v) is 12.3. The van der Waals surface area contributed by atoms with Crippen LogP contribution < -0.4 is 0 Å². The van der Waals surface area contributed by atoms with Crippen molar-refractivity contribution in [1.82, 2.24) is 9.80 Å². The predicted molar refractivity (Wildman–Crippen MR) is 76.3 cm³/mol. The minimum Gasteiger partial charge on any atom is -0.340 e. The van der Waals surface area contributed by atoms with Crippen LogP contribution in [0.25, 0.3) is 0 Å². The first-order valence-corrected chi connectivity index (χ1v) is 7.23. The number of benzene rings is 1. The summed E-state index contributed by atoms with van der Waals surface area (Å²) >= 11 is 3.49. The van der Waals surface area contributed by atoms with Gasteiger partial charge in [0.15, 0.2) is 0 Å². The normalized spacial score (nSPS) is 16.9. The number of hydrogen-bond acceptors (Lipinski definition) is 2. The van der Waals surface area contributed by atoms with Gasteiger partial charge in [-0.1, -0.05) is 35.0 Å². The standard InChI is InChI=1S/C14H19BrN2O/c1-2-14(18)17-8-6-16(7-9-17)11-12-4-3-5-13(15)10-12/h3-5,10H,2,6-9,11H2,1H3. The fourth-order valence-electron chi connectivity index (χ4n) is 2.27. The molecular weight excluding hydrogens is 292 g/mol. The van der Waals surface area contributed by atoms with Crippen molar-refractivity contribution in [3.8, 4) is 0 Å². The highest BCUT2D eigenvalue weighted by molar-refractivity contribution is 9.10. The minimum absolute atomic E-state index is 0.275. The first kappa shape index (κ1) is 13.6. The Balaban J connectivity index is 1.85. The number of carbonyl (C=O) groups excluding carboxylic acids is 1. The molecule has 0 spiro atoms. The topological polar surface area (TPSA) is 23.6 Å². The number of amides is 1. The summed E-state index contributed by atoms with van der Waals surface area (Å²) < 4.78 is 1.12. The molecule has 1 aliphatic rings. The molecule has 18 heavy (non-hydrogen) atoms. The maximum Gasteiger partial charge on any atom is 0.222 e. The molecule has 2 rings (SSSR count). The Morgan fingerprint density at radius 3 is 2.61 bits per heavy atom. The molecule has 1 aliphatic heterocycles. The van der Waals surface area contributed by atoms with Gasteiger partial charge in [-0.15, -0.1) is 0 Å². The summed E-state index contributed by atoms with van der Waals surface area (Å²) in [6.45, 7) is 6.56. The van der Waals surface area contributed by atoms with Crippen LogP contribution in [0.2, 0.25) is 0 Å². The summed E-state index contributed by atoms with van der Waals surface area (Å²) in [4.78, 5) is 16.0. The Bertz CT molecular complexity index is 414. The van der Waals surface area contributed by atoms with Gasteiger partial charge in [-0.25, -0.2) is 0 Å². The summed E-state index contributed by atoms with van der Waals surface area (Å²) in [6.07, 6.45) is 0.617. The molecule has 98 valence electrons. The van der Waals surface area contributed by atoms with Gasteiger partial charge in [-0.05, 0) is 17.7 Å². The van der Waals surface area contributed by atoms with Crippen molar-refractivity contribution in [2.45, 2.75) is 19.9 Å². The van der Waals surface area contributed by atoms with Crippen molar-refractivity contribution in [2.75, 3.05) is 26.2 Å². The second-order valence-electron chi connectivity index (χ2n) is 4.64. The van der Waals surface area contributed by atoms with Gasteiger partial charge < -0.3 is 4.90 Å². The van der Waals surface area contributed by atoms with Crippen LogP contribution in [0.15, 0.2) is 28.7 Å². The van der Waals surface area contributed by atoms with E-state index in [0.717, 1.165) is 37.2 Å². The smallest absolute Gasteiger partial charge is 0.222 e. The van der Waals surface area contributed by atoms with Crippen molar-refractivity contribution < 1.29 is 4.79 Å². The lowest BCUT2D eigenvalue weighted by atomic mass is 10.2. The number of rotatable bonds is 3. The Morgan fingerprint density at radius 2 is 2.00 bits per heavy atom. The van der Waals surface area contributed by atoms with Crippen molar-refractivity contribution in [1.29, 1.82) is 0 Å². The lowest BCUT2D eigenvalue weighted by Gasteiger charge is -2.34. The first-order chi connectivity index (χ1) is 8.69. The van der Waals surface area contributed by atoms with E-state index < -0.39 is 0 Å². The molecule has 1 amide bonds. The van der Waals surface area contributed by atoms with Crippen molar-refractivity contribution in [2.24, 2.45) is 0 Å². The second-order valence-corrected chi connectivity index (χ2v) is 5.56. The SMILES string of the molecule is CCC(=O)N1CCN(Cc2cccc(Br)c2)CC1. The molecule has 1 fully saturated rings. The number of nitrogens with zero attached hydrogens (tertiary/aromatic N) is 2.